The summed E-state index contributed by atoms with van der Waals surface area (Å²) in [6.07, 6.45) is 4.42. The number of amides is 1. The molecular formula is C16H23ClN2O3. The molecule has 6 heteroatoms. The van der Waals surface area contributed by atoms with Crippen molar-refractivity contribution in [3.8, 4) is 0 Å². The Kier molecular flexibility index (Phi) is 5.64. The second kappa shape index (κ2) is 7.29. The summed E-state index contributed by atoms with van der Waals surface area (Å²) in [7, 11) is 0. The first kappa shape index (κ1) is 17.0. The Bertz CT molecular complexity index is 562. The topological polar surface area (TPSA) is 71.3 Å². The van der Waals surface area contributed by atoms with E-state index in [2.05, 4.69) is 10.6 Å². The van der Waals surface area contributed by atoms with Crippen LogP contribution in [0.4, 0.5) is 0 Å². The van der Waals surface area contributed by atoms with Crippen LogP contribution in [0.2, 0.25) is 0 Å². The molecule has 2 heterocycles. The number of carbonyl (C=O) groups excluding carboxylic acids is 2. The van der Waals surface area contributed by atoms with Crippen molar-refractivity contribution in [1.29, 1.82) is 0 Å². The van der Waals surface area contributed by atoms with E-state index in [0.29, 0.717) is 41.5 Å². The van der Waals surface area contributed by atoms with Gasteiger partial charge in [0.1, 0.15) is 5.76 Å². The largest absolute Gasteiger partial charge is 0.455 e. The van der Waals surface area contributed by atoms with Crippen LogP contribution in [0, 0.1) is 12.8 Å². The molecule has 1 saturated heterocycles. The predicted molar refractivity (Wildman–Crippen MR) is 85.9 cm³/mol. The van der Waals surface area contributed by atoms with Crippen LogP contribution in [0.1, 0.15) is 57.9 Å². The number of Topliss-reactive ketones (excluding diaryl/α,β-unsaturated/α-hetero) is 1. The molecule has 3 rings (SSSR count). The van der Waals surface area contributed by atoms with E-state index in [0.717, 1.165) is 38.8 Å². The molecule has 22 heavy (non-hydrogen) atoms. The monoisotopic (exact) mass is 326 g/mol. The van der Waals surface area contributed by atoms with Crippen molar-refractivity contribution >= 4 is 24.1 Å². The van der Waals surface area contributed by atoms with Gasteiger partial charge in [0, 0.05) is 24.9 Å². The quantitative estimate of drug-likeness (QED) is 0.893. The molecule has 1 atom stereocenters. The van der Waals surface area contributed by atoms with Crippen LogP contribution in [0.5, 0.6) is 0 Å². The fourth-order valence-electron chi connectivity index (χ4n) is 3.28. The standard InChI is InChI=1S/C16H22N2O3.ClH/c1-10-14-12(19)5-2-6-13(14)21-15(10)16(20)18-9-11-4-3-7-17-8-11;/h11,17H,2-9H2,1H3,(H,18,20);1H. The van der Waals surface area contributed by atoms with Crippen molar-refractivity contribution in [2.24, 2.45) is 5.92 Å². The number of hydrogen-bond acceptors (Lipinski definition) is 4. The molecule has 0 radical (unpaired) electrons. The van der Waals surface area contributed by atoms with E-state index >= 15 is 0 Å². The van der Waals surface area contributed by atoms with Gasteiger partial charge in [0.2, 0.25) is 0 Å². The number of halogens is 1. The molecule has 0 bridgehead atoms. The number of aryl methyl sites for hydroxylation is 1. The molecule has 1 unspecified atom stereocenters. The SMILES string of the molecule is Cc1c(C(=O)NCC2CCCNC2)oc2c1C(=O)CCC2.Cl. The van der Waals surface area contributed by atoms with Gasteiger partial charge >= 0.3 is 0 Å². The van der Waals surface area contributed by atoms with Crippen LogP contribution >= 0.6 is 12.4 Å². The summed E-state index contributed by atoms with van der Waals surface area (Å²) in [5.74, 6) is 1.40. The van der Waals surface area contributed by atoms with Crippen LogP contribution in [-0.2, 0) is 6.42 Å². The zero-order valence-corrected chi connectivity index (χ0v) is 13.7. The third kappa shape index (κ3) is 3.36. The number of furan rings is 1. The highest BCUT2D eigenvalue weighted by Gasteiger charge is 2.28. The Morgan fingerprint density at radius 2 is 2.18 bits per heavy atom. The fourth-order valence-corrected chi connectivity index (χ4v) is 3.28. The summed E-state index contributed by atoms with van der Waals surface area (Å²) < 4.78 is 5.66. The van der Waals surface area contributed by atoms with Crippen molar-refractivity contribution in [2.75, 3.05) is 19.6 Å². The summed E-state index contributed by atoms with van der Waals surface area (Å²) in [5.41, 5.74) is 1.35. The van der Waals surface area contributed by atoms with E-state index in [9.17, 15) is 9.59 Å². The minimum absolute atomic E-state index is 0. The molecule has 2 aliphatic rings. The van der Waals surface area contributed by atoms with E-state index in [1.807, 2.05) is 6.92 Å². The number of fused-ring (bicyclic) bond motifs is 1. The highest BCUT2D eigenvalue weighted by atomic mass is 35.5. The molecule has 1 aromatic heterocycles. The molecule has 122 valence electrons. The lowest BCUT2D eigenvalue weighted by atomic mass is 9.94. The van der Waals surface area contributed by atoms with Gasteiger partial charge in [-0.25, -0.2) is 0 Å². The van der Waals surface area contributed by atoms with Crippen LogP contribution in [0.3, 0.4) is 0 Å². The second-order valence-corrected chi connectivity index (χ2v) is 6.05. The van der Waals surface area contributed by atoms with Crippen LogP contribution < -0.4 is 10.6 Å². The Morgan fingerprint density at radius 1 is 1.36 bits per heavy atom. The number of rotatable bonds is 3. The lowest BCUT2D eigenvalue weighted by Crippen LogP contribution is -2.38. The number of carbonyl (C=O) groups is 2. The normalized spacial score (nSPS) is 21.0. The molecule has 1 aromatic rings. The second-order valence-electron chi connectivity index (χ2n) is 6.05. The Morgan fingerprint density at radius 3 is 2.86 bits per heavy atom. The number of hydrogen-bond donors (Lipinski definition) is 2. The first-order valence-electron chi connectivity index (χ1n) is 7.81. The minimum atomic E-state index is -0.194. The van der Waals surface area contributed by atoms with Crippen molar-refractivity contribution in [1.82, 2.24) is 10.6 Å². The van der Waals surface area contributed by atoms with Crippen LogP contribution in [0.15, 0.2) is 4.42 Å². The molecule has 1 aliphatic carbocycles. The molecule has 0 spiro atoms. The lowest BCUT2D eigenvalue weighted by Gasteiger charge is -2.22. The molecule has 2 N–H and O–H groups in total. The van der Waals surface area contributed by atoms with Gasteiger partial charge in [-0.05, 0) is 45.2 Å². The van der Waals surface area contributed by atoms with Gasteiger partial charge in [-0.3, -0.25) is 9.59 Å². The molecule has 5 nitrogen and oxygen atoms in total. The molecule has 0 saturated carbocycles. The predicted octanol–water partition coefficient (Wildman–Crippen LogP) is 2.26. The number of ketones is 1. The van der Waals surface area contributed by atoms with E-state index in [4.69, 9.17) is 4.42 Å². The van der Waals surface area contributed by atoms with Crippen molar-refractivity contribution < 1.29 is 14.0 Å². The van der Waals surface area contributed by atoms with E-state index in [1.165, 1.54) is 0 Å². The molecular weight excluding hydrogens is 304 g/mol. The zero-order chi connectivity index (χ0) is 14.8. The van der Waals surface area contributed by atoms with E-state index in [1.54, 1.807) is 0 Å². The van der Waals surface area contributed by atoms with Gasteiger partial charge in [-0.15, -0.1) is 12.4 Å². The average Bonchev–Trinajstić information content (AvgIpc) is 2.84. The van der Waals surface area contributed by atoms with E-state index < -0.39 is 0 Å². The van der Waals surface area contributed by atoms with Gasteiger partial charge in [-0.2, -0.15) is 0 Å². The van der Waals surface area contributed by atoms with Gasteiger partial charge < -0.3 is 15.1 Å². The van der Waals surface area contributed by atoms with Crippen molar-refractivity contribution in [3.05, 3.63) is 22.6 Å². The van der Waals surface area contributed by atoms with Gasteiger partial charge in [0.15, 0.2) is 11.5 Å². The van der Waals surface area contributed by atoms with Crippen molar-refractivity contribution in [2.45, 2.75) is 39.0 Å². The van der Waals surface area contributed by atoms with Gasteiger partial charge in [0.05, 0.1) is 5.56 Å². The Hall–Kier alpha value is -1.33. The zero-order valence-electron chi connectivity index (χ0n) is 12.9. The smallest absolute Gasteiger partial charge is 0.287 e. The first-order valence-corrected chi connectivity index (χ1v) is 7.81. The summed E-state index contributed by atoms with van der Waals surface area (Å²) in [6, 6.07) is 0. The maximum atomic E-state index is 12.3. The molecule has 0 aromatic carbocycles. The number of piperidine rings is 1. The van der Waals surface area contributed by atoms with Crippen LogP contribution in [-0.4, -0.2) is 31.3 Å². The van der Waals surface area contributed by atoms with E-state index in [-0.39, 0.29) is 24.1 Å². The maximum absolute atomic E-state index is 12.3. The van der Waals surface area contributed by atoms with Crippen LogP contribution in [0.25, 0.3) is 0 Å². The summed E-state index contributed by atoms with van der Waals surface area (Å²) in [5, 5.41) is 6.29. The summed E-state index contributed by atoms with van der Waals surface area (Å²) in [4.78, 5) is 24.2. The Labute approximate surface area is 136 Å². The third-order valence-corrected chi connectivity index (χ3v) is 4.46. The highest BCUT2D eigenvalue weighted by molar-refractivity contribution is 6.03. The molecule has 1 fully saturated rings. The van der Waals surface area contributed by atoms with Crippen molar-refractivity contribution in [3.63, 3.8) is 0 Å². The number of nitrogens with one attached hydrogen (secondary N) is 2. The maximum Gasteiger partial charge on any atom is 0.287 e. The minimum Gasteiger partial charge on any atom is -0.455 e. The highest BCUT2D eigenvalue weighted by Crippen LogP contribution is 2.29. The Balaban J connectivity index is 0.00000176. The van der Waals surface area contributed by atoms with Gasteiger partial charge in [-0.1, -0.05) is 0 Å². The summed E-state index contributed by atoms with van der Waals surface area (Å²) >= 11 is 0. The van der Waals surface area contributed by atoms with Gasteiger partial charge in [0.25, 0.3) is 5.91 Å². The fraction of sp³-hybridized carbons (Fsp3) is 0.625. The third-order valence-electron chi connectivity index (χ3n) is 4.46. The average molecular weight is 327 g/mol. The lowest BCUT2D eigenvalue weighted by molar-refractivity contribution is 0.0911. The molecule has 1 aliphatic heterocycles. The molecule has 1 amide bonds. The first-order chi connectivity index (χ1) is 10.2. The summed E-state index contributed by atoms with van der Waals surface area (Å²) in [6.45, 7) is 4.48.